The minimum atomic E-state index is 0.771. The molecule has 0 bridgehead atoms. The molecular weight excluding hydrogens is 234 g/mol. The van der Waals surface area contributed by atoms with Crippen LogP contribution in [0.5, 0.6) is 0 Å². The first kappa shape index (κ1) is 11.0. The van der Waals surface area contributed by atoms with Crippen LogP contribution >= 0.6 is 11.6 Å². The molecule has 4 heteroatoms. The average molecular weight is 250 g/mol. The Kier molecular flexibility index (Phi) is 2.58. The van der Waals surface area contributed by atoms with Crippen LogP contribution in [0.2, 0.25) is 5.15 Å². The summed E-state index contributed by atoms with van der Waals surface area (Å²) < 4.78 is 1.82. The Morgan fingerprint density at radius 2 is 2.06 bits per heavy atom. The summed E-state index contributed by atoms with van der Waals surface area (Å²) in [4.78, 5) is 4.78. The van der Waals surface area contributed by atoms with Crippen LogP contribution < -0.4 is 0 Å². The molecule has 0 atom stereocenters. The van der Waals surface area contributed by atoms with Gasteiger partial charge in [0.05, 0.1) is 5.69 Å². The Labute approximate surface area is 106 Å². The van der Waals surface area contributed by atoms with E-state index >= 15 is 0 Å². The number of nitrogens with zero attached hydrogens (tertiary/aromatic N) is 3. The fourth-order valence-electron chi connectivity index (χ4n) is 2.70. The van der Waals surface area contributed by atoms with Crippen molar-refractivity contribution < 1.29 is 0 Å². The summed E-state index contributed by atoms with van der Waals surface area (Å²) in [5.41, 5.74) is 5.61. The van der Waals surface area contributed by atoms with E-state index in [1.54, 1.807) is 0 Å². The molecule has 0 radical (unpaired) electrons. The van der Waals surface area contributed by atoms with Gasteiger partial charge in [-0.1, -0.05) is 18.5 Å². The molecule has 2 heterocycles. The first-order valence-electron chi connectivity index (χ1n) is 6.27. The maximum atomic E-state index is 6.46. The zero-order valence-corrected chi connectivity index (χ0v) is 11.0. The lowest BCUT2D eigenvalue weighted by Gasteiger charge is -2.16. The van der Waals surface area contributed by atoms with Crippen LogP contribution in [-0.2, 0) is 19.3 Å². The van der Waals surface area contributed by atoms with Crippen molar-refractivity contribution in [3.05, 3.63) is 27.7 Å². The zero-order chi connectivity index (χ0) is 12.0. The summed E-state index contributed by atoms with van der Waals surface area (Å²) in [7, 11) is 0. The van der Waals surface area contributed by atoms with E-state index in [0.717, 1.165) is 35.8 Å². The minimum Gasteiger partial charge on any atom is -0.233 e. The van der Waals surface area contributed by atoms with Crippen molar-refractivity contribution in [2.24, 2.45) is 0 Å². The quantitative estimate of drug-likeness (QED) is 0.727. The molecule has 1 aliphatic carbocycles. The fourth-order valence-corrected chi connectivity index (χ4v) is 3.03. The highest BCUT2D eigenvalue weighted by Gasteiger charge is 2.20. The van der Waals surface area contributed by atoms with Gasteiger partial charge >= 0.3 is 0 Å². The fraction of sp³-hybridized carbons (Fsp3) is 0.538. The number of aromatic nitrogens is 3. The van der Waals surface area contributed by atoms with E-state index in [1.807, 2.05) is 11.4 Å². The number of fused-ring (bicyclic) bond motifs is 2. The van der Waals surface area contributed by atoms with Gasteiger partial charge in [0.1, 0.15) is 5.15 Å². The van der Waals surface area contributed by atoms with E-state index in [0.29, 0.717) is 0 Å². The van der Waals surface area contributed by atoms with E-state index in [1.165, 1.54) is 29.7 Å². The number of rotatable bonds is 1. The average Bonchev–Trinajstić information content (AvgIpc) is 2.66. The molecular formula is C13H16ClN3. The maximum absolute atomic E-state index is 6.46. The summed E-state index contributed by atoms with van der Waals surface area (Å²) in [5, 5.41) is 5.28. The third-order valence-corrected chi connectivity index (χ3v) is 4.01. The predicted octanol–water partition coefficient (Wildman–Crippen LogP) is 3.13. The van der Waals surface area contributed by atoms with E-state index in [-0.39, 0.29) is 0 Å². The molecule has 0 aliphatic heterocycles. The number of aryl methyl sites for hydroxylation is 3. The van der Waals surface area contributed by atoms with Gasteiger partial charge in [0, 0.05) is 16.8 Å². The van der Waals surface area contributed by atoms with Crippen molar-refractivity contribution in [1.29, 1.82) is 0 Å². The first-order valence-corrected chi connectivity index (χ1v) is 6.65. The Hall–Kier alpha value is -1.09. The Morgan fingerprint density at radius 1 is 1.29 bits per heavy atom. The second-order valence-electron chi connectivity index (χ2n) is 4.69. The summed E-state index contributed by atoms with van der Waals surface area (Å²) in [6.45, 7) is 4.17. The number of hydrogen-bond donors (Lipinski definition) is 0. The molecule has 3 rings (SSSR count). The maximum Gasteiger partial charge on any atom is 0.160 e. The van der Waals surface area contributed by atoms with E-state index in [2.05, 4.69) is 12.0 Å². The highest BCUT2D eigenvalue weighted by atomic mass is 35.5. The zero-order valence-electron chi connectivity index (χ0n) is 10.3. The lowest BCUT2D eigenvalue weighted by atomic mass is 9.97. The SMILES string of the molecule is CCc1c(C)nn2c(Cl)c3c(nc12)CCCC3. The predicted molar refractivity (Wildman–Crippen MR) is 68.8 cm³/mol. The summed E-state index contributed by atoms with van der Waals surface area (Å²) >= 11 is 6.46. The molecule has 0 saturated heterocycles. The smallest absolute Gasteiger partial charge is 0.160 e. The van der Waals surface area contributed by atoms with Crippen molar-refractivity contribution in [2.75, 3.05) is 0 Å². The molecule has 2 aromatic heterocycles. The molecule has 0 N–H and O–H groups in total. The van der Waals surface area contributed by atoms with E-state index in [9.17, 15) is 0 Å². The standard InChI is InChI=1S/C13H16ClN3/c1-3-9-8(2)16-17-12(14)10-6-4-5-7-11(10)15-13(9)17/h3-7H2,1-2H3. The number of halogens is 1. The van der Waals surface area contributed by atoms with E-state index < -0.39 is 0 Å². The van der Waals surface area contributed by atoms with Gasteiger partial charge < -0.3 is 0 Å². The Morgan fingerprint density at radius 3 is 2.82 bits per heavy atom. The van der Waals surface area contributed by atoms with Crippen molar-refractivity contribution >= 4 is 17.2 Å². The summed E-state index contributed by atoms with van der Waals surface area (Å²) in [6.07, 6.45) is 5.48. The largest absolute Gasteiger partial charge is 0.233 e. The van der Waals surface area contributed by atoms with Crippen LogP contribution in [-0.4, -0.2) is 14.6 Å². The summed E-state index contributed by atoms with van der Waals surface area (Å²) in [6, 6.07) is 0. The third kappa shape index (κ3) is 1.56. The molecule has 0 saturated carbocycles. The normalized spacial score (nSPS) is 15.2. The van der Waals surface area contributed by atoms with Gasteiger partial charge in [0.2, 0.25) is 0 Å². The van der Waals surface area contributed by atoms with Gasteiger partial charge in [-0.15, -0.1) is 0 Å². The summed E-state index contributed by atoms with van der Waals surface area (Å²) in [5.74, 6) is 0. The van der Waals surface area contributed by atoms with Gasteiger partial charge in [0.25, 0.3) is 0 Å². The highest BCUT2D eigenvalue weighted by Crippen LogP contribution is 2.29. The molecule has 90 valence electrons. The van der Waals surface area contributed by atoms with E-state index in [4.69, 9.17) is 16.6 Å². The molecule has 0 spiro atoms. The highest BCUT2D eigenvalue weighted by molar-refractivity contribution is 6.30. The van der Waals surface area contributed by atoms with Crippen LogP contribution in [0.4, 0.5) is 0 Å². The molecule has 0 fully saturated rings. The van der Waals surface area contributed by atoms with Crippen molar-refractivity contribution in [3.8, 4) is 0 Å². The van der Waals surface area contributed by atoms with Crippen molar-refractivity contribution in [1.82, 2.24) is 14.6 Å². The second-order valence-corrected chi connectivity index (χ2v) is 5.05. The van der Waals surface area contributed by atoms with Crippen molar-refractivity contribution in [2.45, 2.75) is 46.0 Å². The van der Waals surface area contributed by atoms with Crippen LogP contribution in [0.3, 0.4) is 0 Å². The van der Waals surface area contributed by atoms with Gasteiger partial charge in [-0.2, -0.15) is 5.10 Å². The van der Waals surface area contributed by atoms with Crippen LogP contribution in [0.15, 0.2) is 0 Å². The minimum absolute atomic E-state index is 0.771. The molecule has 3 nitrogen and oxygen atoms in total. The first-order chi connectivity index (χ1) is 8.22. The lowest BCUT2D eigenvalue weighted by Crippen LogP contribution is -2.10. The molecule has 0 aromatic carbocycles. The molecule has 17 heavy (non-hydrogen) atoms. The van der Waals surface area contributed by atoms with Gasteiger partial charge in [-0.3, -0.25) is 0 Å². The Bertz CT molecular complexity index is 586. The lowest BCUT2D eigenvalue weighted by molar-refractivity contribution is 0.659. The molecule has 0 unspecified atom stereocenters. The molecule has 0 amide bonds. The van der Waals surface area contributed by atoms with Gasteiger partial charge in [-0.05, 0) is 39.0 Å². The monoisotopic (exact) mass is 249 g/mol. The van der Waals surface area contributed by atoms with Crippen LogP contribution in [0, 0.1) is 6.92 Å². The topological polar surface area (TPSA) is 30.2 Å². The Balaban J connectivity index is 2.35. The van der Waals surface area contributed by atoms with Crippen LogP contribution in [0.25, 0.3) is 5.65 Å². The van der Waals surface area contributed by atoms with Crippen LogP contribution in [0.1, 0.15) is 42.3 Å². The number of hydrogen-bond acceptors (Lipinski definition) is 2. The molecule has 2 aromatic rings. The van der Waals surface area contributed by atoms with Crippen molar-refractivity contribution in [3.63, 3.8) is 0 Å². The second kappa shape index (κ2) is 3.98. The van der Waals surface area contributed by atoms with Gasteiger partial charge in [-0.25, -0.2) is 9.50 Å². The third-order valence-electron chi connectivity index (χ3n) is 3.63. The molecule has 1 aliphatic rings. The van der Waals surface area contributed by atoms with Gasteiger partial charge in [0.15, 0.2) is 5.65 Å².